The molecule has 0 aromatic heterocycles. The number of nitrogens with one attached hydrogen (secondary N) is 1. The fourth-order valence-corrected chi connectivity index (χ4v) is 2.39. The summed E-state index contributed by atoms with van der Waals surface area (Å²) in [5, 5.41) is 2.95. The molecule has 1 aliphatic rings. The lowest BCUT2D eigenvalue weighted by Gasteiger charge is -2.14. The Balaban J connectivity index is 1.72. The molecule has 1 aliphatic heterocycles. The average Bonchev–Trinajstić information content (AvgIpc) is 2.91. The van der Waals surface area contributed by atoms with E-state index < -0.39 is 0 Å². The Bertz CT molecular complexity index is 439. The van der Waals surface area contributed by atoms with Crippen molar-refractivity contribution >= 4 is 11.6 Å². The van der Waals surface area contributed by atoms with Crippen molar-refractivity contribution in [3.63, 3.8) is 0 Å². The highest BCUT2D eigenvalue weighted by Gasteiger charge is 2.11. The minimum Gasteiger partial charge on any atom is -0.398 e. The summed E-state index contributed by atoms with van der Waals surface area (Å²) >= 11 is 0. The number of nitrogens with two attached hydrogens (primary N) is 1. The third-order valence-electron chi connectivity index (χ3n) is 3.68. The summed E-state index contributed by atoms with van der Waals surface area (Å²) in [5.41, 5.74) is 8.13. The molecule has 1 saturated heterocycles. The molecule has 0 spiro atoms. The molecule has 1 aromatic carbocycles. The Labute approximate surface area is 115 Å². The molecule has 104 valence electrons. The standard InChI is InChI=1S/C15H23N3O/c1-12-5-6-13(11-14(12)16)15(19)17-7-4-10-18-8-2-3-9-18/h5-6,11H,2-4,7-10,16H2,1H3,(H,17,19). The lowest BCUT2D eigenvalue weighted by Crippen LogP contribution is -2.28. The van der Waals surface area contributed by atoms with E-state index in [2.05, 4.69) is 10.2 Å². The van der Waals surface area contributed by atoms with E-state index >= 15 is 0 Å². The quantitative estimate of drug-likeness (QED) is 0.627. The molecule has 0 aliphatic carbocycles. The summed E-state index contributed by atoms with van der Waals surface area (Å²) in [5.74, 6) is -0.0341. The third-order valence-corrected chi connectivity index (χ3v) is 3.68. The van der Waals surface area contributed by atoms with E-state index in [0.29, 0.717) is 11.3 Å². The van der Waals surface area contributed by atoms with Crippen molar-refractivity contribution in [1.82, 2.24) is 10.2 Å². The molecule has 4 heteroatoms. The van der Waals surface area contributed by atoms with Gasteiger partial charge in [-0.1, -0.05) is 6.07 Å². The van der Waals surface area contributed by atoms with Gasteiger partial charge in [0.15, 0.2) is 0 Å². The summed E-state index contributed by atoms with van der Waals surface area (Å²) in [4.78, 5) is 14.4. The van der Waals surface area contributed by atoms with Crippen LogP contribution in [0.3, 0.4) is 0 Å². The van der Waals surface area contributed by atoms with Crippen molar-refractivity contribution in [2.75, 3.05) is 31.9 Å². The first-order valence-corrected chi connectivity index (χ1v) is 7.03. The zero-order chi connectivity index (χ0) is 13.7. The van der Waals surface area contributed by atoms with Crippen LogP contribution in [0.2, 0.25) is 0 Å². The van der Waals surface area contributed by atoms with Gasteiger partial charge in [0.1, 0.15) is 0 Å². The van der Waals surface area contributed by atoms with Gasteiger partial charge in [-0.3, -0.25) is 4.79 Å². The van der Waals surface area contributed by atoms with E-state index in [1.165, 1.54) is 25.9 Å². The van der Waals surface area contributed by atoms with E-state index in [-0.39, 0.29) is 5.91 Å². The highest BCUT2D eigenvalue weighted by atomic mass is 16.1. The number of hydrogen-bond donors (Lipinski definition) is 2. The van der Waals surface area contributed by atoms with Gasteiger partial charge < -0.3 is 16.0 Å². The van der Waals surface area contributed by atoms with Gasteiger partial charge in [-0.15, -0.1) is 0 Å². The maximum absolute atomic E-state index is 11.9. The fraction of sp³-hybridized carbons (Fsp3) is 0.533. The molecule has 0 radical (unpaired) electrons. The summed E-state index contributed by atoms with van der Waals surface area (Å²) in [6.07, 6.45) is 3.64. The van der Waals surface area contributed by atoms with Gasteiger partial charge in [-0.05, 0) is 63.5 Å². The lowest BCUT2D eigenvalue weighted by atomic mass is 10.1. The normalized spacial score (nSPS) is 15.6. The third kappa shape index (κ3) is 3.96. The van der Waals surface area contributed by atoms with Crippen LogP contribution < -0.4 is 11.1 Å². The van der Waals surface area contributed by atoms with Crippen LogP contribution in [0.4, 0.5) is 5.69 Å². The molecule has 19 heavy (non-hydrogen) atoms. The van der Waals surface area contributed by atoms with Crippen molar-refractivity contribution in [1.29, 1.82) is 0 Å². The molecule has 0 atom stereocenters. The van der Waals surface area contributed by atoms with E-state index in [4.69, 9.17) is 5.73 Å². The summed E-state index contributed by atoms with van der Waals surface area (Å²) in [6.45, 7) is 6.16. The molecule has 1 heterocycles. The Kier molecular flexibility index (Phi) is 4.80. The molecule has 2 rings (SSSR count). The van der Waals surface area contributed by atoms with Gasteiger partial charge in [0.05, 0.1) is 0 Å². The molecular weight excluding hydrogens is 238 g/mol. The maximum atomic E-state index is 11.9. The van der Waals surface area contributed by atoms with Crippen LogP contribution in [0, 0.1) is 6.92 Å². The largest absolute Gasteiger partial charge is 0.398 e. The summed E-state index contributed by atoms with van der Waals surface area (Å²) in [7, 11) is 0. The number of carbonyl (C=O) groups excluding carboxylic acids is 1. The number of amides is 1. The van der Waals surface area contributed by atoms with Crippen LogP contribution in [0.25, 0.3) is 0 Å². The van der Waals surface area contributed by atoms with Crippen LogP contribution in [-0.4, -0.2) is 37.0 Å². The van der Waals surface area contributed by atoms with Crippen molar-refractivity contribution in [2.24, 2.45) is 0 Å². The Hall–Kier alpha value is -1.55. The predicted molar refractivity (Wildman–Crippen MR) is 78.2 cm³/mol. The number of anilines is 1. The first-order chi connectivity index (χ1) is 9.16. The number of nitrogens with zero attached hydrogens (tertiary/aromatic N) is 1. The Morgan fingerprint density at radius 2 is 2.11 bits per heavy atom. The molecule has 1 fully saturated rings. The van der Waals surface area contributed by atoms with Crippen molar-refractivity contribution in [2.45, 2.75) is 26.2 Å². The first kappa shape index (κ1) is 13.9. The van der Waals surface area contributed by atoms with Gasteiger partial charge in [-0.25, -0.2) is 0 Å². The van der Waals surface area contributed by atoms with Gasteiger partial charge in [0.2, 0.25) is 0 Å². The van der Waals surface area contributed by atoms with Crippen molar-refractivity contribution in [3.8, 4) is 0 Å². The van der Waals surface area contributed by atoms with E-state index in [9.17, 15) is 4.79 Å². The second-order valence-electron chi connectivity index (χ2n) is 5.23. The molecule has 0 saturated carbocycles. The number of rotatable bonds is 5. The van der Waals surface area contributed by atoms with Gasteiger partial charge in [0.25, 0.3) is 5.91 Å². The smallest absolute Gasteiger partial charge is 0.251 e. The zero-order valence-corrected chi connectivity index (χ0v) is 11.6. The van der Waals surface area contributed by atoms with Crippen LogP contribution in [-0.2, 0) is 0 Å². The van der Waals surface area contributed by atoms with Crippen LogP contribution in [0.1, 0.15) is 35.2 Å². The molecule has 4 nitrogen and oxygen atoms in total. The minimum absolute atomic E-state index is 0.0341. The molecule has 0 bridgehead atoms. The molecule has 1 amide bonds. The summed E-state index contributed by atoms with van der Waals surface area (Å²) < 4.78 is 0. The van der Waals surface area contributed by atoms with Gasteiger partial charge in [-0.2, -0.15) is 0 Å². The second-order valence-corrected chi connectivity index (χ2v) is 5.23. The topological polar surface area (TPSA) is 58.4 Å². The Morgan fingerprint density at radius 1 is 1.37 bits per heavy atom. The van der Waals surface area contributed by atoms with Gasteiger partial charge >= 0.3 is 0 Å². The number of nitrogen functional groups attached to an aromatic ring is 1. The highest BCUT2D eigenvalue weighted by Crippen LogP contribution is 2.12. The van der Waals surface area contributed by atoms with Crippen LogP contribution in [0.15, 0.2) is 18.2 Å². The highest BCUT2D eigenvalue weighted by molar-refractivity contribution is 5.95. The molecular formula is C15H23N3O. The number of aryl methyl sites for hydroxylation is 1. The number of carbonyl (C=O) groups is 1. The zero-order valence-electron chi connectivity index (χ0n) is 11.6. The fourth-order valence-electron chi connectivity index (χ4n) is 2.39. The number of hydrogen-bond acceptors (Lipinski definition) is 3. The molecule has 1 aromatic rings. The van der Waals surface area contributed by atoms with Crippen molar-refractivity contribution in [3.05, 3.63) is 29.3 Å². The van der Waals surface area contributed by atoms with Crippen LogP contribution >= 0.6 is 0 Å². The van der Waals surface area contributed by atoms with E-state index in [1.807, 2.05) is 19.1 Å². The molecule has 0 unspecified atom stereocenters. The SMILES string of the molecule is Cc1ccc(C(=O)NCCCN2CCCC2)cc1N. The number of likely N-dealkylation sites (tertiary alicyclic amines) is 1. The first-order valence-electron chi connectivity index (χ1n) is 7.03. The minimum atomic E-state index is -0.0341. The monoisotopic (exact) mass is 261 g/mol. The Morgan fingerprint density at radius 3 is 2.79 bits per heavy atom. The van der Waals surface area contributed by atoms with E-state index in [1.54, 1.807) is 6.07 Å². The molecule has 3 N–H and O–H groups in total. The maximum Gasteiger partial charge on any atom is 0.251 e. The van der Waals surface area contributed by atoms with E-state index in [0.717, 1.165) is 25.1 Å². The van der Waals surface area contributed by atoms with Crippen molar-refractivity contribution < 1.29 is 4.79 Å². The van der Waals surface area contributed by atoms with Gasteiger partial charge in [0, 0.05) is 17.8 Å². The predicted octanol–water partition coefficient (Wildman–Crippen LogP) is 1.79. The number of benzene rings is 1. The van der Waals surface area contributed by atoms with Crippen LogP contribution in [0.5, 0.6) is 0 Å². The lowest BCUT2D eigenvalue weighted by molar-refractivity contribution is 0.0952. The average molecular weight is 261 g/mol. The second kappa shape index (κ2) is 6.57. The summed E-state index contributed by atoms with van der Waals surface area (Å²) in [6, 6.07) is 5.45.